The summed E-state index contributed by atoms with van der Waals surface area (Å²) in [5, 5.41) is 8.94. The second-order valence-electron chi connectivity index (χ2n) is 5.48. The average Bonchev–Trinajstić information content (AvgIpc) is 2.64. The van der Waals surface area contributed by atoms with Crippen molar-refractivity contribution in [3.63, 3.8) is 0 Å². The van der Waals surface area contributed by atoms with Gasteiger partial charge in [0, 0.05) is 6.42 Å². The van der Waals surface area contributed by atoms with Crippen molar-refractivity contribution >= 4 is 11.5 Å². The fraction of sp³-hybridized carbons (Fsp3) is 0.211. The molecule has 0 atom stereocenters. The maximum absolute atomic E-state index is 10.9. The van der Waals surface area contributed by atoms with Gasteiger partial charge in [0.25, 0.3) is 0 Å². The molecule has 0 unspecified atom stereocenters. The van der Waals surface area contributed by atoms with E-state index in [4.69, 9.17) is 5.11 Å². The molecule has 0 bridgehead atoms. The predicted octanol–water partition coefficient (Wildman–Crippen LogP) is 3.86. The lowest BCUT2D eigenvalue weighted by Gasteiger charge is -2.15. The molecule has 0 radical (unpaired) electrons. The third-order valence-electron chi connectivity index (χ3n) is 4.15. The van der Waals surface area contributed by atoms with E-state index in [0.29, 0.717) is 6.42 Å². The predicted molar refractivity (Wildman–Crippen MR) is 84.4 cm³/mol. The number of fused-ring (bicyclic) bond motifs is 2. The zero-order chi connectivity index (χ0) is 14.8. The van der Waals surface area contributed by atoms with Gasteiger partial charge in [-0.15, -0.1) is 0 Å². The third kappa shape index (κ3) is 2.62. The first-order chi connectivity index (χ1) is 10.2. The number of carbonyl (C=O) groups is 1. The third-order valence-corrected chi connectivity index (χ3v) is 4.15. The number of aliphatic carboxylic acids is 1. The minimum absolute atomic E-state index is 0.158. The van der Waals surface area contributed by atoms with Gasteiger partial charge >= 0.3 is 5.97 Å². The highest BCUT2D eigenvalue weighted by atomic mass is 16.4. The molecule has 0 saturated heterocycles. The number of hydrogen-bond donors (Lipinski definition) is 1. The van der Waals surface area contributed by atoms with E-state index in [2.05, 4.69) is 30.8 Å². The normalized spacial score (nSPS) is 13.2. The molecule has 2 aromatic carbocycles. The van der Waals surface area contributed by atoms with E-state index in [0.717, 1.165) is 29.5 Å². The average molecular weight is 278 g/mol. The van der Waals surface area contributed by atoms with Crippen molar-refractivity contribution in [2.24, 2.45) is 0 Å². The molecule has 1 aliphatic rings. The van der Waals surface area contributed by atoms with Crippen molar-refractivity contribution in [3.8, 4) is 0 Å². The summed E-state index contributed by atoms with van der Waals surface area (Å²) in [5.41, 5.74) is 7.07. The topological polar surface area (TPSA) is 37.3 Å². The van der Waals surface area contributed by atoms with Crippen molar-refractivity contribution in [3.05, 3.63) is 76.9 Å². The second kappa shape index (κ2) is 5.57. The molecule has 106 valence electrons. The smallest absolute Gasteiger partial charge is 0.303 e. The number of carboxylic acid groups (broad SMARTS) is 1. The molecule has 3 rings (SSSR count). The van der Waals surface area contributed by atoms with Crippen LogP contribution >= 0.6 is 0 Å². The van der Waals surface area contributed by atoms with Gasteiger partial charge in [0.1, 0.15) is 0 Å². The zero-order valence-electron chi connectivity index (χ0n) is 11.9. The van der Waals surface area contributed by atoms with E-state index in [1.807, 2.05) is 18.2 Å². The zero-order valence-corrected chi connectivity index (χ0v) is 11.9. The van der Waals surface area contributed by atoms with Crippen molar-refractivity contribution < 1.29 is 9.90 Å². The van der Waals surface area contributed by atoms with E-state index in [1.165, 1.54) is 16.7 Å². The summed E-state index contributed by atoms with van der Waals surface area (Å²) in [4.78, 5) is 10.9. The molecule has 2 aromatic rings. The number of hydrogen-bond acceptors (Lipinski definition) is 1. The van der Waals surface area contributed by atoms with Gasteiger partial charge in [0.2, 0.25) is 0 Å². The largest absolute Gasteiger partial charge is 0.481 e. The lowest BCUT2D eigenvalue weighted by atomic mass is 9.90. The van der Waals surface area contributed by atoms with Crippen molar-refractivity contribution in [1.82, 2.24) is 0 Å². The standard InChI is InChI=1S/C19H18O2/c1-13-17-8-3-2-5-14(17)9-10-15-6-4-7-16(19(13)15)11-12-18(20)21/h2-8H,1,9-12H2,(H,20,21). The molecule has 0 amide bonds. The van der Waals surface area contributed by atoms with Crippen LogP contribution in [0.1, 0.15) is 34.2 Å². The van der Waals surface area contributed by atoms with Crippen LogP contribution in [0.5, 0.6) is 0 Å². The molecule has 0 aliphatic heterocycles. The van der Waals surface area contributed by atoms with Gasteiger partial charge in [-0.05, 0) is 52.7 Å². The number of rotatable bonds is 3. The quantitative estimate of drug-likeness (QED) is 0.925. The molecular formula is C19H18O2. The Kier molecular flexibility index (Phi) is 3.61. The highest BCUT2D eigenvalue weighted by molar-refractivity contribution is 5.84. The Morgan fingerprint density at radius 3 is 2.57 bits per heavy atom. The molecule has 0 fully saturated rings. The second-order valence-corrected chi connectivity index (χ2v) is 5.48. The van der Waals surface area contributed by atoms with Crippen molar-refractivity contribution in [2.45, 2.75) is 25.7 Å². The lowest BCUT2D eigenvalue weighted by molar-refractivity contribution is -0.136. The van der Waals surface area contributed by atoms with E-state index in [1.54, 1.807) is 0 Å². The van der Waals surface area contributed by atoms with Crippen LogP contribution in [0.15, 0.2) is 49.0 Å². The number of aryl methyl sites for hydroxylation is 3. The number of benzene rings is 2. The van der Waals surface area contributed by atoms with Gasteiger partial charge < -0.3 is 5.11 Å². The monoisotopic (exact) mass is 278 g/mol. The van der Waals surface area contributed by atoms with E-state index >= 15 is 0 Å². The highest BCUT2D eigenvalue weighted by Crippen LogP contribution is 2.34. The Bertz CT molecular complexity index is 713. The minimum atomic E-state index is -0.757. The molecule has 2 heteroatoms. The van der Waals surface area contributed by atoms with E-state index < -0.39 is 5.97 Å². The van der Waals surface area contributed by atoms with Crippen LogP contribution in [0, 0.1) is 0 Å². The van der Waals surface area contributed by atoms with Crippen LogP contribution in [0.2, 0.25) is 0 Å². The van der Waals surface area contributed by atoms with Crippen LogP contribution in [0.25, 0.3) is 5.57 Å². The fourth-order valence-corrected chi connectivity index (χ4v) is 3.14. The van der Waals surface area contributed by atoms with Crippen molar-refractivity contribution in [2.75, 3.05) is 0 Å². The maximum atomic E-state index is 10.9. The molecule has 0 saturated carbocycles. The van der Waals surface area contributed by atoms with Crippen LogP contribution in [-0.2, 0) is 24.1 Å². The van der Waals surface area contributed by atoms with Crippen LogP contribution < -0.4 is 0 Å². The molecule has 0 aromatic heterocycles. The first-order valence-corrected chi connectivity index (χ1v) is 7.27. The summed E-state index contributed by atoms with van der Waals surface area (Å²) in [7, 11) is 0. The van der Waals surface area contributed by atoms with E-state index in [9.17, 15) is 4.79 Å². The Labute approximate surface area is 124 Å². The lowest BCUT2D eigenvalue weighted by Crippen LogP contribution is -2.02. The summed E-state index contributed by atoms with van der Waals surface area (Å²) < 4.78 is 0. The molecular weight excluding hydrogens is 260 g/mol. The van der Waals surface area contributed by atoms with Crippen LogP contribution in [0.4, 0.5) is 0 Å². The van der Waals surface area contributed by atoms with Crippen LogP contribution in [0.3, 0.4) is 0 Å². The Morgan fingerprint density at radius 1 is 1.05 bits per heavy atom. The molecule has 0 heterocycles. The molecule has 1 N–H and O–H groups in total. The Balaban J connectivity index is 2.08. The van der Waals surface area contributed by atoms with Gasteiger partial charge in [-0.25, -0.2) is 0 Å². The van der Waals surface area contributed by atoms with Gasteiger partial charge in [-0.2, -0.15) is 0 Å². The minimum Gasteiger partial charge on any atom is -0.481 e. The molecule has 2 nitrogen and oxygen atoms in total. The summed E-state index contributed by atoms with van der Waals surface area (Å²) in [6.07, 6.45) is 2.70. The summed E-state index contributed by atoms with van der Waals surface area (Å²) in [6, 6.07) is 14.6. The van der Waals surface area contributed by atoms with Crippen molar-refractivity contribution in [1.29, 1.82) is 0 Å². The molecule has 21 heavy (non-hydrogen) atoms. The summed E-state index contributed by atoms with van der Waals surface area (Å²) in [6.45, 7) is 4.30. The van der Waals surface area contributed by atoms with Gasteiger partial charge in [-0.1, -0.05) is 49.0 Å². The summed E-state index contributed by atoms with van der Waals surface area (Å²) in [5.74, 6) is -0.757. The Hall–Kier alpha value is -2.35. The van der Waals surface area contributed by atoms with E-state index in [-0.39, 0.29) is 6.42 Å². The first kappa shape index (κ1) is 13.6. The van der Waals surface area contributed by atoms with Gasteiger partial charge in [-0.3, -0.25) is 4.79 Å². The molecule has 0 spiro atoms. The SMILES string of the molecule is C=C1c2ccccc2CCc2cccc(CCC(=O)O)c21. The number of carboxylic acids is 1. The van der Waals surface area contributed by atoms with Gasteiger partial charge in [0.15, 0.2) is 0 Å². The van der Waals surface area contributed by atoms with Crippen LogP contribution in [-0.4, -0.2) is 11.1 Å². The van der Waals surface area contributed by atoms with Gasteiger partial charge in [0.05, 0.1) is 0 Å². The fourth-order valence-electron chi connectivity index (χ4n) is 3.14. The highest BCUT2D eigenvalue weighted by Gasteiger charge is 2.19. The Morgan fingerprint density at radius 2 is 1.76 bits per heavy atom. The maximum Gasteiger partial charge on any atom is 0.303 e. The summed E-state index contributed by atoms with van der Waals surface area (Å²) >= 11 is 0. The first-order valence-electron chi connectivity index (χ1n) is 7.27. The molecule has 1 aliphatic carbocycles.